The van der Waals surface area contributed by atoms with Crippen LogP contribution in [-0.4, -0.2) is 32.8 Å². The SMILES string of the molecule is C[C@@H](NC(=O)c1ccnn1C1CCCC1)C(=O)O. The van der Waals surface area contributed by atoms with Crippen molar-refractivity contribution in [1.29, 1.82) is 0 Å². The summed E-state index contributed by atoms with van der Waals surface area (Å²) in [5.74, 6) is -1.43. The molecule has 1 saturated carbocycles. The van der Waals surface area contributed by atoms with Crippen molar-refractivity contribution in [2.24, 2.45) is 0 Å². The van der Waals surface area contributed by atoms with E-state index in [-0.39, 0.29) is 11.9 Å². The number of hydrogen-bond donors (Lipinski definition) is 2. The number of rotatable bonds is 4. The molecular formula is C12H17N3O3. The highest BCUT2D eigenvalue weighted by Gasteiger charge is 2.24. The topological polar surface area (TPSA) is 84.2 Å². The Morgan fingerprint density at radius 2 is 2.17 bits per heavy atom. The predicted molar refractivity (Wildman–Crippen MR) is 64.3 cm³/mol. The number of aliphatic carboxylic acids is 1. The Kier molecular flexibility index (Phi) is 3.64. The number of carboxylic acids is 1. The van der Waals surface area contributed by atoms with Crippen molar-refractivity contribution < 1.29 is 14.7 Å². The molecule has 1 amide bonds. The zero-order valence-electron chi connectivity index (χ0n) is 10.3. The van der Waals surface area contributed by atoms with Gasteiger partial charge in [0.25, 0.3) is 5.91 Å². The highest BCUT2D eigenvalue weighted by molar-refractivity contribution is 5.95. The monoisotopic (exact) mass is 251 g/mol. The summed E-state index contributed by atoms with van der Waals surface area (Å²) in [6.07, 6.45) is 5.93. The van der Waals surface area contributed by atoms with Gasteiger partial charge in [-0.25, -0.2) is 0 Å². The molecule has 2 rings (SSSR count). The molecular weight excluding hydrogens is 234 g/mol. The van der Waals surface area contributed by atoms with Crippen LogP contribution in [0.2, 0.25) is 0 Å². The van der Waals surface area contributed by atoms with E-state index in [0.717, 1.165) is 25.7 Å². The lowest BCUT2D eigenvalue weighted by molar-refractivity contribution is -0.138. The second-order valence-electron chi connectivity index (χ2n) is 4.63. The molecule has 1 fully saturated rings. The second kappa shape index (κ2) is 5.20. The zero-order chi connectivity index (χ0) is 13.1. The number of carboxylic acid groups (broad SMARTS) is 1. The number of carbonyl (C=O) groups is 2. The molecule has 1 aromatic rings. The third-order valence-corrected chi connectivity index (χ3v) is 3.29. The van der Waals surface area contributed by atoms with Crippen LogP contribution in [0.3, 0.4) is 0 Å². The molecule has 1 heterocycles. The van der Waals surface area contributed by atoms with Gasteiger partial charge in [0.1, 0.15) is 11.7 Å². The van der Waals surface area contributed by atoms with Crippen LogP contribution in [0.1, 0.15) is 49.1 Å². The molecule has 0 unspecified atom stereocenters. The molecule has 6 nitrogen and oxygen atoms in total. The fourth-order valence-electron chi connectivity index (χ4n) is 2.27. The largest absolute Gasteiger partial charge is 0.480 e. The lowest BCUT2D eigenvalue weighted by Gasteiger charge is -2.15. The van der Waals surface area contributed by atoms with Crippen molar-refractivity contribution in [3.63, 3.8) is 0 Å². The standard InChI is InChI=1S/C12H17N3O3/c1-8(12(17)18)14-11(16)10-6-7-13-15(10)9-4-2-3-5-9/h6-9H,2-5H2,1H3,(H,14,16)(H,17,18)/t8-/m1/s1. The minimum atomic E-state index is -1.05. The fourth-order valence-corrected chi connectivity index (χ4v) is 2.27. The minimum absolute atomic E-state index is 0.265. The summed E-state index contributed by atoms with van der Waals surface area (Å²) in [6, 6.07) is 0.993. The van der Waals surface area contributed by atoms with Gasteiger partial charge in [-0.3, -0.25) is 14.3 Å². The Morgan fingerprint density at radius 1 is 1.50 bits per heavy atom. The van der Waals surface area contributed by atoms with Gasteiger partial charge in [-0.2, -0.15) is 5.10 Å². The van der Waals surface area contributed by atoms with Crippen molar-refractivity contribution >= 4 is 11.9 Å². The average Bonchev–Trinajstić information content (AvgIpc) is 2.99. The van der Waals surface area contributed by atoms with E-state index in [2.05, 4.69) is 10.4 Å². The Labute approximate surface area is 105 Å². The van der Waals surface area contributed by atoms with Gasteiger partial charge in [-0.05, 0) is 25.8 Å². The van der Waals surface area contributed by atoms with E-state index < -0.39 is 12.0 Å². The van der Waals surface area contributed by atoms with Gasteiger partial charge >= 0.3 is 5.97 Å². The Hall–Kier alpha value is -1.85. The third-order valence-electron chi connectivity index (χ3n) is 3.29. The van der Waals surface area contributed by atoms with Crippen molar-refractivity contribution in [3.05, 3.63) is 18.0 Å². The normalized spacial score (nSPS) is 17.6. The van der Waals surface area contributed by atoms with Crippen LogP contribution in [0.15, 0.2) is 12.3 Å². The molecule has 0 aromatic carbocycles. The van der Waals surface area contributed by atoms with Gasteiger partial charge < -0.3 is 10.4 Å². The van der Waals surface area contributed by atoms with E-state index in [4.69, 9.17) is 5.11 Å². The van der Waals surface area contributed by atoms with Gasteiger partial charge in [0.2, 0.25) is 0 Å². The molecule has 2 N–H and O–H groups in total. The van der Waals surface area contributed by atoms with Crippen LogP contribution in [0, 0.1) is 0 Å². The summed E-state index contributed by atoms with van der Waals surface area (Å²) >= 11 is 0. The molecule has 0 aliphatic heterocycles. The Morgan fingerprint density at radius 3 is 2.78 bits per heavy atom. The predicted octanol–water partition coefficient (Wildman–Crippen LogP) is 1.20. The van der Waals surface area contributed by atoms with Crippen LogP contribution in [0.5, 0.6) is 0 Å². The summed E-state index contributed by atoms with van der Waals surface area (Å²) in [7, 11) is 0. The first-order valence-corrected chi connectivity index (χ1v) is 6.17. The molecule has 1 aliphatic rings. The molecule has 1 atom stereocenters. The van der Waals surface area contributed by atoms with Crippen molar-refractivity contribution in [1.82, 2.24) is 15.1 Å². The van der Waals surface area contributed by atoms with Gasteiger partial charge in [0.15, 0.2) is 0 Å². The highest BCUT2D eigenvalue weighted by atomic mass is 16.4. The number of amides is 1. The van der Waals surface area contributed by atoms with Gasteiger partial charge in [-0.1, -0.05) is 12.8 Å². The molecule has 1 aliphatic carbocycles. The summed E-state index contributed by atoms with van der Waals surface area (Å²) in [5.41, 5.74) is 0.440. The molecule has 98 valence electrons. The fraction of sp³-hybridized carbons (Fsp3) is 0.583. The van der Waals surface area contributed by atoms with E-state index >= 15 is 0 Å². The van der Waals surface area contributed by atoms with E-state index in [1.54, 1.807) is 16.9 Å². The van der Waals surface area contributed by atoms with Crippen LogP contribution < -0.4 is 5.32 Å². The Balaban J connectivity index is 2.10. The molecule has 0 spiro atoms. The average molecular weight is 251 g/mol. The smallest absolute Gasteiger partial charge is 0.325 e. The number of nitrogens with zero attached hydrogens (tertiary/aromatic N) is 2. The van der Waals surface area contributed by atoms with Crippen LogP contribution in [0.25, 0.3) is 0 Å². The van der Waals surface area contributed by atoms with E-state index in [1.165, 1.54) is 6.92 Å². The maximum absolute atomic E-state index is 12.0. The van der Waals surface area contributed by atoms with E-state index in [9.17, 15) is 9.59 Å². The van der Waals surface area contributed by atoms with Gasteiger partial charge in [-0.15, -0.1) is 0 Å². The second-order valence-corrected chi connectivity index (χ2v) is 4.63. The lowest BCUT2D eigenvalue weighted by atomic mass is 10.2. The summed E-state index contributed by atoms with van der Waals surface area (Å²) < 4.78 is 1.72. The van der Waals surface area contributed by atoms with E-state index in [1.807, 2.05) is 0 Å². The van der Waals surface area contributed by atoms with Crippen molar-refractivity contribution in [2.75, 3.05) is 0 Å². The molecule has 18 heavy (non-hydrogen) atoms. The van der Waals surface area contributed by atoms with Gasteiger partial charge in [0.05, 0.1) is 6.04 Å². The Bertz CT molecular complexity index is 449. The summed E-state index contributed by atoms with van der Waals surface area (Å²) in [6.45, 7) is 1.44. The summed E-state index contributed by atoms with van der Waals surface area (Å²) in [5, 5.41) is 15.4. The van der Waals surface area contributed by atoms with Crippen molar-refractivity contribution in [2.45, 2.75) is 44.7 Å². The zero-order valence-corrected chi connectivity index (χ0v) is 10.3. The highest BCUT2D eigenvalue weighted by Crippen LogP contribution is 2.29. The number of carbonyl (C=O) groups excluding carboxylic acids is 1. The quantitative estimate of drug-likeness (QED) is 0.842. The van der Waals surface area contributed by atoms with Crippen molar-refractivity contribution in [3.8, 4) is 0 Å². The first kappa shape index (κ1) is 12.6. The summed E-state index contributed by atoms with van der Waals surface area (Å²) in [4.78, 5) is 22.7. The van der Waals surface area contributed by atoms with Crippen LogP contribution in [-0.2, 0) is 4.79 Å². The number of aromatic nitrogens is 2. The molecule has 0 bridgehead atoms. The molecule has 6 heteroatoms. The van der Waals surface area contributed by atoms with Crippen LogP contribution in [0.4, 0.5) is 0 Å². The minimum Gasteiger partial charge on any atom is -0.480 e. The van der Waals surface area contributed by atoms with E-state index in [0.29, 0.717) is 5.69 Å². The lowest BCUT2D eigenvalue weighted by Crippen LogP contribution is -2.39. The number of hydrogen-bond acceptors (Lipinski definition) is 3. The first-order valence-electron chi connectivity index (χ1n) is 6.17. The van der Waals surface area contributed by atoms with Gasteiger partial charge in [0, 0.05) is 6.20 Å². The maximum atomic E-state index is 12.0. The molecule has 0 radical (unpaired) electrons. The first-order chi connectivity index (χ1) is 8.59. The van der Waals surface area contributed by atoms with Crippen LogP contribution >= 0.6 is 0 Å². The maximum Gasteiger partial charge on any atom is 0.325 e. The molecule has 0 saturated heterocycles. The third kappa shape index (κ3) is 2.52. The molecule has 1 aromatic heterocycles. The number of nitrogens with one attached hydrogen (secondary N) is 1.